The van der Waals surface area contributed by atoms with Crippen molar-refractivity contribution < 1.29 is 23.8 Å². The number of aliphatic hydroxyl groups is 1. The summed E-state index contributed by atoms with van der Waals surface area (Å²) in [7, 11) is 1.48. The molecule has 0 saturated carbocycles. The average molecular weight is 475 g/mol. The van der Waals surface area contributed by atoms with Crippen LogP contribution in [0.5, 0.6) is 5.75 Å². The highest BCUT2D eigenvalue weighted by Gasteiger charge is 2.49. The van der Waals surface area contributed by atoms with Crippen LogP contribution in [-0.4, -0.2) is 28.9 Å². The van der Waals surface area contributed by atoms with Gasteiger partial charge >= 0.3 is 5.91 Å². The first-order chi connectivity index (χ1) is 16.4. The predicted octanol–water partition coefficient (Wildman–Crippen LogP) is 5.38. The highest BCUT2D eigenvalue weighted by atomic mass is 32.1. The van der Waals surface area contributed by atoms with Crippen molar-refractivity contribution in [2.75, 3.05) is 12.0 Å². The van der Waals surface area contributed by atoms with Gasteiger partial charge in [-0.1, -0.05) is 47.7 Å². The smallest absolute Gasteiger partial charge is 0.301 e. The lowest BCUT2D eigenvalue weighted by atomic mass is 9.95. The molecule has 34 heavy (non-hydrogen) atoms. The summed E-state index contributed by atoms with van der Waals surface area (Å²) < 4.78 is 21.1. The molecule has 0 unspecified atom stereocenters. The maximum absolute atomic E-state index is 15.0. The fourth-order valence-corrected chi connectivity index (χ4v) is 5.16. The number of hydrogen-bond acceptors (Lipinski definition) is 6. The molecular formula is C26H19FN2O4S. The fourth-order valence-electron chi connectivity index (χ4n) is 4.07. The SMILES string of the molecule is COc1cccc(/C(O)=C2\C(=O)C(=O)N(c3nc4ccc(C)cc4s3)[C@H]2c2ccccc2F)c1. The number of fused-ring (bicyclic) bond motifs is 1. The Morgan fingerprint density at radius 1 is 1.09 bits per heavy atom. The van der Waals surface area contributed by atoms with E-state index in [1.165, 1.54) is 41.5 Å². The minimum absolute atomic E-state index is 0.0848. The van der Waals surface area contributed by atoms with E-state index in [0.29, 0.717) is 11.3 Å². The number of methoxy groups -OCH3 is 1. The van der Waals surface area contributed by atoms with Crippen molar-refractivity contribution in [3.8, 4) is 5.75 Å². The molecule has 1 amide bonds. The van der Waals surface area contributed by atoms with Crippen LogP contribution in [-0.2, 0) is 9.59 Å². The summed E-state index contributed by atoms with van der Waals surface area (Å²) in [6.07, 6.45) is 0. The van der Waals surface area contributed by atoms with Crippen LogP contribution >= 0.6 is 11.3 Å². The van der Waals surface area contributed by atoms with Crippen LogP contribution in [0.3, 0.4) is 0 Å². The van der Waals surface area contributed by atoms with Crippen molar-refractivity contribution in [3.63, 3.8) is 0 Å². The van der Waals surface area contributed by atoms with Crippen LogP contribution in [0.4, 0.5) is 9.52 Å². The number of carbonyl (C=O) groups is 2. The maximum atomic E-state index is 15.0. The van der Waals surface area contributed by atoms with Gasteiger partial charge in [-0.15, -0.1) is 0 Å². The number of aromatic nitrogens is 1. The van der Waals surface area contributed by atoms with E-state index >= 15 is 4.39 Å². The third kappa shape index (κ3) is 3.52. The summed E-state index contributed by atoms with van der Waals surface area (Å²) >= 11 is 1.23. The van der Waals surface area contributed by atoms with E-state index in [9.17, 15) is 14.7 Å². The summed E-state index contributed by atoms with van der Waals surface area (Å²) in [6.45, 7) is 1.94. The standard InChI is InChI=1S/C26H19FN2O4S/c1-14-10-11-19-20(12-14)34-26(28-19)29-22(17-8-3-4-9-18(17)27)21(24(31)25(29)32)23(30)15-6-5-7-16(13-15)33-2/h3-13,22,30H,1-2H3/b23-21+/t22-/m0/s1. The second-order valence-corrected chi connectivity index (χ2v) is 8.90. The lowest BCUT2D eigenvalue weighted by Crippen LogP contribution is -2.29. The highest BCUT2D eigenvalue weighted by molar-refractivity contribution is 7.22. The van der Waals surface area contributed by atoms with Gasteiger partial charge in [0, 0.05) is 11.1 Å². The Morgan fingerprint density at radius 2 is 1.88 bits per heavy atom. The van der Waals surface area contributed by atoms with Crippen molar-refractivity contribution in [2.45, 2.75) is 13.0 Å². The van der Waals surface area contributed by atoms with E-state index in [0.717, 1.165) is 10.3 Å². The number of Topliss-reactive ketones (excluding diaryl/α,β-unsaturated/α-hetero) is 1. The lowest BCUT2D eigenvalue weighted by Gasteiger charge is -2.23. The number of thiazole rings is 1. The van der Waals surface area contributed by atoms with Crippen molar-refractivity contribution >= 4 is 44.1 Å². The summed E-state index contributed by atoms with van der Waals surface area (Å²) in [4.78, 5) is 32.2. The zero-order valence-corrected chi connectivity index (χ0v) is 19.1. The van der Waals surface area contributed by atoms with Crippen LogP contribution in [0.15, 0.2) is 72.3 Å². The summed E-state index contributed by atoms with van der Waals surface area (Å²) in [5.41, 5.74) is 1.83. The van der Waals surface area contributed by atoms with Crippen LogP contribution in [0, 0.1) is 12.7 Å². The Balaban J connectivity index is 1.75. The Kier molecular flexibility index (Phi) is 5.37. The molecule has 0 spiro atoms. The number of anilines is 1. The van der Waals surface area contributed by atoms with Gasteiger partial charge in [0.2, 0.25) is 0 Å². The number of aryl methyl sites for hydroxylation is 1. The van der Waals surface area contributed by atoms with Gasteiger partial charge in [-0.2, -0.15) is 0 Å². The molecule has 4 aromatic rings. The maximum Gasteiger partial charge on any atom is 0.301 e. The topological polar surface area (TPSA) is 79.7 Å². The molecule has 6 nitrogen and oxygen atoms in total. The number of hydrogen-bond donors (Lipinski definition) is 1. The number of halogens is 1. The number of nitrogens with zero attached hydrogens (tertiary/aromatic N) is 2. The number of amides is 1. The second-order valence-electron chi connectivity index (χ2n) is 7.89. The molecule has 0 radical (unpaired) electrons. The Hall–Kier alpha value is -4.04. The van der Waals surface area contributed by atoms with Gasteiger partial charge in [-0.25, -0.2) is 9.37 Å². The number of benzene rings is 3. The van der Waals surface area contributed by atoms with E-state index in [-0.39, 0.29) is 21.8 Å². The quantitative estimate of drug-likeness (QED) is 0.244. The van der Waals surface area contributed by atoms with Gasteiger partial charge in [0.25, 0.3) is 5.78 Å². The molecule has 2 heterocycles. The van der Waals surface area contributed by atoms with Crippen molar-refractivity contribution in [1.29, 1.82) is 0 Å². The molecule has 1 aromatic heterocycles. The molecular weight excluding hydrogens is 455 g/mol. The van der Waals surface area contributed by atoms with Crippen molar-refractivity contribution in [2.24, 2.45) is 0 Å². The van der Waals surface area contributed by atoms with Gasteiger partial charge in [0.05, 0.1) is 22.9 Å². The zero-order chi connectivity index (χ0) is 24.0. The van der Waals surface area contributed by atoms with E-state index in [1.54, 1.807) is 30.3 Å². The number of ketones is 1. The van der Waals surface area contributed by atoms with Gasteiger partial charge in [0.15, 0.2) is 5.13 Å². The molecule has 0 aliphatic carbocycles. The van der Waals surface area contributed by atoms with E-state index in [1.807, 2.05) is 25.1 Å². The van der Waals surface area contributed by atoms with Crippen LogP contribution in [0.1, 0.15) is 22.7 Å². The Bertz CT molecular complexity index is 1490. The van der Waals surface area contributed by atoms with Gasteiger partial charge in [-0.05, 0) is 42.8 Å². The molecule has 0 bridgehead atoms. The molecule has 1 fully saturated rings. The number of rotatable bonds is 4. The molecule has 1 aliphatic heterocycles. The average Bonchev–Trinajstić information content (AvgIpc) is 3.36. The van der Waals surface area contributed by atoms with Crippen molar-refractivity contribution in [3.05, 3.63) is 94.8 Å². The number of ether oxygens (including phenoxy) is 1. The van der Waals surface area contributed by atoms with Gasteiger partial charge < -0.3 is 9.84 Å². The molecule has 3 aromatic carbocycles. The first-order valence-electron chi connectivity index (χ1n) is 10.5. The minimum Gasteiger partial charge on any atom is -0.507 e. The molecule has 1 N–H and O–H groups in total. The highest BCUT2D eigenvalue weighted by Crippen LogP contribution is 2.45. The van der Waals surface area contributed by atoms with Crippen LogP contribution in [0.25, 0.3) is 16.0 Å². The first kappa shape index (κ1) is 21.8. The number of carbonyl (C=O) groups excluding carboxylic acids is 2. The molecule has 1 aliphatic rings. The lowest BCUT2D eigenvalue weighted by molar-refractivity contribution is -0.132. The molecule has 5 rings (SSSR count). The normalized spacial score (nSPS) is 17.5. The second kappa shape index (κ2) is 8.39. The molecule has 170 valence electrons. The molecule has 1 atom stereocenters. The van der Waals surface area contributed by atoms with Crippen LogP contribution < -0.4 is 9.64 Å². The fraction of sp³-hybridized carbons (Fsp3) is 0.115. The van der Waals surface area contributed by atoms with Crippen molar-refractivity contribution in [1.82, 2.24) is 4.98 Å². The van der Waals surface area contributed by atoms with Crippen LogP contribution in [0.2, 0.25) is 0 Å². The van der Waals surface area contributed by atoms with E-state index < -0.39 is 29.3 Å². The first-order valence-corrected chi connectivity index (χ1v) is 11.3. The number of aliphatic hydroxyl groups excluding tert-OH is 1. The predicted molar refractivity (Wildman–Crippen MR) is 129 cm³/mol. The summed E-state index contributed by atoms with van der Waals surface area (Å²) in [5.74, 6) is -2.35. The third-order valence-corrected chi connectivity index (χ3v) is 6.74. The monoisotopic (exact) mass is 474 g/mol. The Morgan fingerprint density at radius 3 is 2.65 bits per heavy atom. The Labute approximate surface area is 198 Å². The largest absolute Gasteiger partial charge is 0.507 e. The van der Waals surface area contributed by atoms with E-state index in [2.05, 4.69) is 4.98 Å². The third-order valence-electron chi connectivity index (χ3n) is 5.73. The van der Waals surface area contributed by atoms with E-state index in [4.69, 9.17) is 4.74 Å². The summed E-state index contributed by atoms with van der Waals surface area (Å²) in [5, 5.41) is 11.4. The zero-order valence-electron chi connectivity index (χ0n) is 18.3. The summed E-state index contributed by atoms with van der Waals surface area (Å²) in [6, 6.07) is 16.8. The molecule has 1 saturated heterocycles. The minimum atomic E-state index is -1.19. The molecule has 8 heteroatoms. The van der Waals surface area contributed by atoms with Gasteiger partial charge in [0.1, 0.15) is 23.4 Å². The van der Waals surface area contributed by atoms with Gasteiger partial charge in [-0.3, -0.25) is 14.5 Å².